The van der Waals surface area contributed by atoms with Crippen LogP contribution in [0.4, 0.5) is 13.2 Å². The maximum Gasteiger partial charge on any atom is 0.416 e. The lowest BCUT2D eigenvalue weighted by Gasteiger charge is -2.30. The second kappa shape index (κ2) is 9.22. The molecular formula is C22H24ClF3N2O3. The Balaban J connectivity index is 1.25. The van der Waals surface area contributed by atoms with Gasteiger partial charge >= 0.3 is 6.18 Å². The van der Waals surface area contributed by atoms with Crippen molar-refractivity contribution in [3.8, 4) is 0 Å². The quantitative estimate of drug-likeness (QED) is 0.688. The summed E-state index contributed by atoms with van der Waals surface area (Å²) in [5.74, 6) is -0.110. The molecule has 2 atom stereocenters. The summed E-state index contributed by atoms with van der Waals surface area (Å²) in [5.41, 5.74) is -0.0159. The third-order valence-corrected chi connectivity index (χ3v) is 6.30. The molecular weight excluding hydrogens is 433 g/mol. The lowest BCUT2D eigenvalue weighted by molar-refractivity contribution is -0.137. The molecule has 3 aliphatic rings. The highest BCUT2D eigenvalue weighted by atomic mass is 35.5. The van der Waals surface area contributed by atoms with Crippen LogP contribution in [0.15, 0.2) is 42.1 Å². The van der Waals surface area contributed by atoms with E-state index >= 15 is 0 Å². The number of hydrogen-bond acceptors (Lipinski definition) is 4. The number of halogens is 4. The van der Waals surface area contributed by atoms with E-state index in [-0.39, 0.29) is 28.8 Å². The fourth-order valence-electron chi connectivity index (χ4n) is 4.15. The van der Waals surface area contributed by atoms with Crippen LogP contribution in [0.5, 0.6) is 0 Å². The molecule has 5 nitrogen and oxygen atoms in total. The van der Waals surface area contributed by atoms with Gasteiger partial charge in [-0.2, -0.15) is 13.2 Å². The topological polar surface area (TPSA) is 59.6 Å². The summed E-state index contributed by atoms with van der Waals surface area (Å²) < 4.78 is 49.7. The number of nitrogens with one attached hydrogen (secondary N) is 2. The average Bonchev–Trinajstić information content (AvgIpc) is 3.20. The van der Waals surface area contributed by atoms with Crippen molar-refractivity contribution >= 4 is 17.5 Å². The van der Waals surface area contributed by atoms with Crippen molar-refractivity contribution in [3.05, 3.63) is 58.3 Å². The molecule has 1 amide bonds. The Kier molecular flexibility index (Phi) is 6.60. The van der Waals surface area contributed by atoms with E-state index in [9.17, 15) is 18.0 Å². The second-order valence-electron chi connectivity index (χ2n) is 8.13. The molecule has 9 heteroatoms. The first-order valence-corrected chi connectivity index (χ1v) is 10.7. The molecule has 1 saturated heterocycles. The van der Waals surface area contributed by atoms with Crippen LogP contribution in [0.1, 0.15) is 41.6 Å². The highest BCUT2D eigenvalue weighted by molar-refractivity contribution is 6.33. The van der Waals surface area contributed by atoms with E-state index in [0.29, 0.717) is 12.7 Å². The number of allylic oxidation sites excluding steroid dienone is 1. The monoisotopic (exact) mass is 456 g/mol. The lowest BCUT2D eigenvalue weighted by Crippen LogP contribution is -2.39. The van der Waals surface area contributed by atoms with Crippen molar-refractivity contribution in [2.75, 3.05) is 13.3 Å². The van der Waals surface area contributed by atoms with Crippen molar-refractivity contribution in [1.82, 2.24) is 10.6 Å². The Hall–Kier alpha value is -2.03. The Labute approximate surface area is 183 Å². The number of carbonyl (C=O) groups is 1. The molecule has 2 unspecified atom stereocenters. The average molecular weight is 457 g/mol. The molecule has 2 N–H and O–H groups in total. The van der Waals surface area contributed by atoms with E-state index in [1.54, 1.807) is 0 Å². The maximum absolute atomic E-state index is 12.9. The van der Waals surface area contributed by atoms with Gasteiger partial charge in [0.05, 0.1) is 16.1 Å². The minimum atomic E-state index is -4.52. The summed E-state index contributed by atoms with van der Waals surface area (Å²) in [6.45, 7) is 1.12. The molecule has 0 radical (unpaired) electrons. The summed E-state index contributed by atoms with van der Waals surface area (Å²) in [6, 6.07) is 2.72. The van der Waals surface area contributed by atoms with Crippen molar-refractivity contribution in [3.63, 3.8) is 0 Å². The van der Waals surface area contributed by atoms with Gasteiger partial charge < -0.3 is 20.1 Å². The van der Waals surface area contributed by atoms with E-state index in [1.807, 2.05) is 18.2 Å². The van der Waals surface area contributed by atoms with E-state index < -0.39 is 17.6 Å². The van der Waals surface area contributed by atoms with Gasteiger partial charge in [-0.25, -0.2) is 0 Å². The SMILES string of the molecule is O=C(NC1CCC(CNC2=CC3OCOC3C=C2)CC1)c1cc(C(F)(F)F)ccc1Cl. The van der Waals surface area contributed by atoms with Gasteiger partial charge in [-0.15, -0.1) is 0 Å². The van der Waals surface area contributed by atoms with Crippen molar-refractivity contribution in [2.24, 2.45) is 5.92 Å². The van der Waals surface area contributed by atoms with Gasteiger partial charge in [-0.05, 0) is 62.0 Å². The fraction of sp³-hybridized carbons (Fsp3) is 0.500. The summed E-state index contributed by atoms with van der Waals surface area (Å²) in [7, 11) is 0. The molecule has 0 bridgehead atoms. The molecule has 0 spiro atoms. The minimum absolute atomic E-state index is 0.00470. The zero-order chi connectivity index (χ0) is 22.0. The number of alkyl halides is 3. The first kappa shape index (κ1) is 22.2. The first-order valence-electron chi connectivity index (χ1n) is 10.3. The molecule has 1 aromatic carbocycles. The molecule has 0 aromatic heterocycles. The smallest absolute Gasteiger partial charge is 0.385 e. The van der Waals surface area contributed by atoms with E-state index in [2.05, 4.69) is 10.6 Å². The van der Waals surface area contributed by atoms with Crippen molar-refractivity contribution in [1.29, 1.82) is 0 Å². The van der Waals surface area contributed by atoms with Crippen LogP contribution in [0.2, 0.25) is 5.02 Å². The minimum Gasteiger partial charge on any atom is -0.385 e. The molecule has 1 saturated carbocycles. The molecule has 31 heavy (non-hydrogen) atoms. The van der Waals surface area contributed by atoms with Crippen LogP contribution in [0.3, 0.4) is 0 Å². The summed E-state index contributed by atoms with van der Waals surface area (Å²) >= 11 is 5.97. The predicted molar refractivity (Wildman–Crippen MR) is 110 cm³/mol. The number of carbonyl (C=O) groups excluding carboxylic acids is 1. The lowest BCUT2D eigenvalue weighted by atomic mass is 9.85. The molecule has 4 rings (SSSR count). The van der Waals surface area contributed by atoms with Gasteiger partial charge in [0.25, 0.3) is 5.91 Å². The predicted octanol–water partition coefficient (Wildman–Crippen LogP) is 4.43. The van der Waals surface area contributed by atoms with Crippen LogP contribution in [0, 0.1) is 5.92 Å². The Morgan fingerprint density at radius 3 is 2.61 bits per heavy atom. The normalized spacial score (nSPS) is 28.1. The third-order valence-electron chi connectivity index (χ3n) is 5.97. The van der Waals surface area contributed by atoms with Crippen LogP contribution in [0.25, 0.3) is 0 Å². The molecule has 1 heterocycles. The highest BCUT2D eigenvalue weighted by Crippen LogP contribution is 2.32. The number of fused-ring (bicyclic) bond motifs is 1. The zero-order valence-electron chi connectivity index (χ0n) is 16.8. The van der Waals surface area contributed by atoms with Gasteiger partial charge in [0, 0.05) is 18.3 Å². The second-order valence-corrected chi connectivity index (χ2v) is 8.53. The van der Waals surface area contributed by atoms with Crippen LogP contribution >= 0.6 is 11.6 Å². The molecule has 168 valence electrons. The highest BCUT2D eigenvalue weighted by Gasteiger charge is 2.32. The van der Waals surface area contributed by atoms with Gasteiger partial charge in [0.15, 0.2) is 0 Å². The fourth-order valence-corrected chi connectivity index (χ4v) is 4.36. The number of rotatable bonds is 5. The number of ether oxygens (including phenoxy) is 2. The molecule has 2 fully saturated rings. The largest absolute Gasteiger partial charge is 0.416 e. The van der Waals surface area contributed by atoms with Crippen molar-refractivity contribution < 1.29 is 27.4 Å². The van der Waals surface area contributed by atoms with Gasteiger partial charge in [0.1, 0.15) is 19.0 Å². The molecule has 2 aliphatic carbocycles. The zero-order valence-corrected chi connectivity index (χ0v) is 17.5. The molecule has 1 aromatic rings. The van der Waals surface area contributed by atoms with E-state index in [4.69, 9.17) is 21.1 Å². The number of amides is 1. The Bertz CT molecular complexity index is 879. The van der Waals surface area contributed by atoms with Gasteiger partial charge in [-0.3, -0.25) is 4.79 Å². The first-order chi connectivity index (χ1) is 14.8. The standard InChI is InChI=1S/C22H24ClF3N2O3/c23-18-7-3-14(22(24,25)26)9-17(18)21(29)28-15-4-1-13(2-5-15)11-27-16-6-8-19-20(10-16)31-12-30-19/h3,6-10,13,15,19-20,27H,1-2,4-5,11-12H2,(H,28,29). The van der Waals surface area contributed by atoms with Crippen LogP contribution in [-0.4, -0.2) is 37.5 Å². The van der Waals surface area contributed by atoms with Crippen LogP contribution in [-0.2, 0) is 15.7 Å². The number of hydrogen-bond donors (Lipinski definition) is 2. The van der Waals surface area contributed by atoms with Gasteiger partial charge in [0.2, 0.25) is 0 Å². The Morgan fingerprint density at radius 2 is 1.87 bits per heavy atom. The van der Waals surface area contributed by atoms with Crippen molar-refractivity contribution in [2.45, 2.75) is 50.1 Å². The Morgan fingerprint density at radius 1 is 1.13 bits per heavy atom. The summed E-state index contributed by atoms with van der Waals surface area (Å²) in [6.07, 6.45) is 4.82. The summed E-state index contributed by atoms with van der Waals surface area (Å²) in [5, 5.41) is 6.29. The van der Waals surface area contributed by atoms with E-state index in [0.717, 1.165) is 56.1 Å². The number of benzene rings is 1. The third kappa shape index (κ3) is 5.42. The maximum atomic E-state index is 12.9. The van der Waals surface area contributed by atoms with Crippen LogP contribution < -0.4 is 10.6 Å². The van der Waals surface area contributed by atoms with Gasteiger partial charge in [-0.1, -0.05) is 17.7 Å². The molecule has 1 aliphatic heterocycles. The summed E-state index contributed by atoms with van der Waals surface area (Å²) in [4.78, 5) is 12.5. The van der Waals surface area contributed by atoms with E-state index in [1.165, 1.54) is 0 Å².